The number of hydrogen-bond acceptors (Lipinski definition) is 3. The molecule has 0 saturated carbocycles. The Kier molecular flexibility index (Phi) is 3.23. The highest BCUT2D eigenvalue weighted by molar-refractivity contribution is 5.48. The number of aryl methyl sites for hydroxylation is 1. The highest BCUT2D eigenvalue weighted by atomic mass is 15.2. The third-order valence-corrected chi connectivity index (χ3v) is 5.37. The summed E-state index contributed by atoms with van der Waals surface area (Å²) in [6.07, 6.45) is 8.24. The average Bonchev–Trinajstić information content (AvgIpc) is 3.07. The molecular formula is C17H24N4. The van der Waals surface area contributed by atoms with Crippen molar-refractivity contribution >= 4 is 5.65 Å². The van der Waals surface area contributed by atoms with Gasteiger partial charge in [-0.2, -0.15) is 0 Å². The number of aromatic nitrogens is 2. The number of hydrogen-bond donors (Lipinski definition) is 1. The molecule has 2 aromatic rings. The van der Waals surface area contributed by atoms with E-state index in [0.717, 1.165) is 12.2 Å². The molecule has 2 aromatic heterocycles. The summed E-state index contributed by atoms with van der Waals surface area (Å²) < 4.78 is 2.25. The van der Waals surface area contributed by atoms with Crippen molar-refractivity contribution in [2.24, 2.45) is 5.41 Å². The van der Waals surface area contributed by atoms with Crippen molar-refractivity contribution in [2.45, 2.75) is 32.7 Å². The Hall–Kier alpha value is -1.39. The van der Waals surface area contributed by atoms with E-state index < -0.39 is 0 Å². The molecule has 21 heavy (non-hydrogen) atoms. The highest BCUT2D eigenvalue weighted by Gasteiger charge is 2.38. The summed E-state index contributed by atoms with van der Waals surface area (Å²) in [6, 6.07) is 4.25. The maximum Gasteiger partial charge on any atom is 0.139 e. The van der Waals surface area contributed by atoms with Crippen LogP contribution in [0.4, 0.5) is 0 Å². The maximum atomic E-state index is 4.59. The zero-order valence-corrected chi connectivity index (χ0v) is 12.8. The van der Waals surface area contributed by atoms with Crippen molar-refractivity contribution in [3.63, 3.8) is 0 Å². The molecule has 1 N–H and O–H groups in total. The molecule has 2 fully saturated rings. The van der Waals surface area contributed by atoms with E-state index in [0.29, 0.717) is 5.41 Å². The Balaban J connectivity index is 1.52. The summed E-state index contributed by atoms with van der Waals surface area (Å²) in [5.41, 5.74) is 4.25. The third-order valence-electron chi connectivity index (χ3n) is 5.37. The van der Waals surface area contributed by atoms with E-state index in [2.05, 4.69) is 51.1 Å². The maximum absolute atomic E-state index is 4.59. The SMILES string of the molecule is Cc1cccn2c(CN3CCC4(CCNCC4)C3)cnc12. The second kappa shape index (κ2) is 5.11. The summed E-state index contributed by atoms with van der Waals surface area (Å²) in [7, 11) is 0. The zero-order chi connectivity index (χ0) is 14.3. The monoisotopic (exact) mass is 284 g/mol. The minimum absolute atomic E-state index is 0.585. The molecule has 4 heteroatoms. The van der Waals surface area contributed by atoms with E-state index in [1.165, 1.54) is 56.7 Å². The minimum Gasteiger partial charge on any atom is -0.317 e. The number of fused-ring (bicyclic) bond motifs is 1. The molecule has 2 aliphatic heterocycles. The van der Waals surface area contributed by atoms with E-state index >= 15 is 0 Å². The predicted octanol–water partition coefficient (Wildman–Crippen LogP) is 2.22. The smallest absolute Gasteiger partial charge is 0.139 e. The van der Waals surface area contributed by atoms with Gasteiger partial charge in [-0.15, -0.1) is 0 Å². The van der Waals surface area contributed by atoms with Crippen molar-refractivity contribution in [3.8, 4) is 0 Å². The summed E-state index contributed by atoms with van der Waals surface area (Å²) in [5, 5.41) is 3.49. The van der Waals surface area contributed by atoms with Crippen molar-refractivity contribution in [1.82, 2.24) is 19.6 Å². The molecule has 0 bridgehead atoms. The fraction of sp³-hybridized carbons (Fsp3) is 0.588. The van der Waals surface area contributed by atoms with Gasteiger partial charge in [0.05, 0.1) is 11.9 Å². The number of imidazole rings is 1. The van der Waals surface area contributed by atoms with Gasteiger partial charge in [-0.1, -0.05) is 6.07 Å². The van der Waals surface area contributed by atoms with Crippen LogP contribution in [0, 0.1) is 12.3 Å². The molecule has 112 valence electrons. The summed E-state index contributed by atoms with van der Waals surface area (Å²) in [6.45, 7) is 8.05. The summed E-state index contributed by atoms with van der Waals surface area (Å²) >= 11 is 0. The number of piperidine rings is 1. The first kappa shape index (κ1) is 13.3. The molecule has 0 radical (unpaired) electrons. The first-order valence-electron chi connectivity index (χ1n) is 8.10. The van der Waals surface area contributed by atoms with Crippen molar-refractivity contribution in [2.75, 3.05) is 26.2 Å². The third kappa shape index (κ3) is 2.36. The van der Waals surface area contributed by atoms with Gasteiger partial charge >= 0.3 is 0 Å². The Morgan fingerprint density at radius 3 is 3.00 bits per heavy atom. The largest absolute Gasteiger partial charge is 0.317 e. The van der Waals surface area contributed by atoms with Crippen LogP contribution in [0.5, 0.6) is 0 Å². The lowest BCUT2D eigenvalue weighted by molar-refractivity contribution is 0.193. The van der Waals surface area contributed by atoms with E-state index in [9.17, 15) is 0 Å². The number of pyridine rings is 1. The van der Waals surface area contributed by atoms with Gasteiger partial charge in [0.15, 0.2) is 0 Å². The lowest BCUT2D eigenvalue weighted by Gasteiger charge is -2.33. The lowest BCUT2D eigenvalue weighted by Crippen LogP contribution is -2.38. The van der Waals surface area contributed by atoms with E-state index in [4.69, 9.17) is 0 Å². The molecule has 4 rings (SSSR count). The molecule has 0 unspecified atom stereocenters. The molecule has 0 aliphatic carbocycles. The van der Waals surface area contributed by atoms with Gasteiger partial charge in [-0.05, 0) is 62.9 Å². The number of nitrogens with zero attached hydrogens (tertiary/aromatic N) is 3. The van der Waals surface area contributed by atoms with Gasteiger partial charge in [-0.25, -0.2) is 4.98 Å². The number of nitrogens with one attached hydrogen (secondary N) is 1. The van der Waals surface area contributed by atoms with Gasteiger partial charge < -0.3 is 9.72 Å². The fourth-order valence-electron chi connectivity index (χ4n) is 4.08. The molecule has 0 aromatic carbocycles. The molecule has 4 heterocycles. The Labute approximate surface area is 126 Å². The quantitative estimate of drug-likeness (QED) is 0.918. The molecule has 0 atom stereocenters. The first-order valence-corrected chi connectivity index (χ1v) is 8.10. The van der Waals surface area contributed by atoms with Crippen LogP contribution in [0.3, 0.4) is 0 Å². The zero-order valence-electron chi connectivity index (χ0n) is 12.8. The molecule has 2 aliphatic rings. The first-order chi connectivity index (χ1) is 10.3. The standard InChI is InChI=1S/C17H24N4/c1-14-3-2-9-21-15(11-19-16(14)21)12-20-10-6-17(13-20)4-7-18-8-5-17/h2-3,9,11,18H,4-8,10,12-13H2,1H3. The van der Waals surface area contributed by atoms with Gasteiger partial charge in [-0.3, -0.25) is 4.90 Å². The minimum atomic E-state index is 0.585. The van der Waals surface area contributed by atoms with Crippen molar-refractivity contribution < 1.29 is 0 Å². The Bertz CT molecular complexity index is 639. The van der Waals surface area contributed by atoms with Crippen LogP contribution in [-0.4, -0.2) is 40.5 Å². The van der Waals surface area contributed by atoms with Crippen LogP contribution in [-0.2, 0) is 6.54 Å². The van der Waals surface area contributed by atoms with Crippen molar-refractivity contribution in [1.29, 1.82) is 0 Å². The van der Waals surface area contributed by atoms with Gasteiger partial charge in [0.2, 0.25) is 0 Å². The van der Waals surface area contributed by atoms with Crippen molar-refractivity contribution in [3.05, 3.63) is 35.8 Å². The second-order valence-corrected chi connectivity index (χ2v) is 6.85. The highest BCUT2D eigenvalue weighted by Crippen LogP contribution is 2.39. The van der Waals surface area contributed by atoms with Crippen LogP contribution in [0.2, 0.25) is 0 Å². The van der Waals surface area contributed by atoms with Crippen LogP contribution < -0.4 is 5.32 Å². The number of rotatable bonds is 2. The molecule has 2 saturated heterocycles. The Morgan fingerprint density at radius 2 is 2.14 bits per heavy atom. The second-order valence-electron chi connectivity index (χ2n) is 6.85. The van der Waals surface area contributed by atoms with E-state index in [1.54, 1.807) is 0 Å². The molecule has 1 spiro atoms. The summed E-state index contributed by atoms with van der Waals surface area (Å²) in [5.74, 6) is 0. The van der Waals surface area contributed by atoms with E-state index in [1.807, 2.05) is 0 Å². The normalized spacial score (nSPS) is 22.3. The molecular weight excluding hydrogens is 260 g/mol. The van der Waals surface area contributed by atoms with Gasteiger partial charge in [0, 0.05) is 19.3 Å². The Morgan fingerprint density at radius 1 is 1.29 bits per heavy atom. The summed E-state index contributed by atoms with van der Waals surface area (Å²) in [4.78, 5) is 7.21. The van der Waals surface area contributed by atoms with Crippen LogP contribution in [0.25, 0.3) is 5.65 Å². The topological polar surface area (TPSA) is 32.6 Å². The van der Waals surface area contributed by atoms with E-state index in [-0.39, 0.29) is 0 Å². The fourth-order valence-corrected chi connectivity index (χ4v) is 4.08. The van der Waals surface area contributed by atoms with Gasteiger partial charge in [0.1, 0.15) is 5.65 Å². The van der Waals surface area contributed by atoms with Crippen LogP contribution in [0.15, 0.2) is 24.5 Å². The lowest BCUT2D eigenvalue weighted by atomic mass is 9.78. The van der Waals surface area contributed by atoms with Gasteiger partial charge in [0.25, 0.3) is 0 Å². The average molecular weight is 284 g/mol. The van der Waals surface area contributed by atoms with Crippen LogP contribution in [0.1, 0.15) is 30.5 Å². The molecule has 4 nitrogen and oxygen atoms in total. The predicted molar refractivity (Wildman–Crippen MR) is 84.4 cm³/mol. The molecule has 0 amide bonds. The van der Waals surface area contributed by atoms with Crippen LogP contribution >= 0.6 is 0 Å². The number of likely N-dealkylation sites (tertiary alicyclic amines) is 1.